The minimum atomic E-state index is 0.0161. The fraction of sp³-hybridized carbons (Fsp3) is 0.455. The third-order valence-corrected chi connectivity index (χ3v) is 2.36. The lowest BCUT2D eigenvalue weighted by Gasteiger charge is -2.25. The molecule has 0 bridgehead atoms. The molecule has 0 aliphatic rings. The van der Waals surface area contributed by atoms with Gasteiger partial charge in [-0.2, -0.15) is 0 Å². The van der Waals surface area contributed by atoms with Gasteiger partial charge in [0.05, 0.1) is 6.61 Å². The van der Waals surface area contributed by atoms with Crippen LogP contribution in [0.2, 0.25) is 0 Å². The lowest BCUT2D eigenvalue weighted by Crippen LogP contribution is -2.37. The topological polar surface area (TPSA) is 23.5 Å². The Bertz CT molecular complexity index is 253. The first-order chi connectivity index (χ1) is 6.77. The van der Waals surface area contributed by atoms with Crippen molar-refractivity contribution in [2.75, 3.05) is 13.2 Å². The minimum absolute atomic E-state index is 0.0161. The Morgan fingerprint density at radius 1 is 1.36 bits per heavy atom. The zero-order chi connectivity index (χ0) is 10.4. The average Bonchev–Trinajstić information content (AvgIpc) is 2.26. The molecule has 0 amide bonds. The number of benzene rings is 1. The van der Waals surface area contributed by atoms with E-state index < -0.39 is 0 Å². The normalized spacial score (nSPS) is 13.1. The standard InChI is InChI=1S/C11H16BNO/c1-2-13(12)11(9-14)8-10-6-4-3-5-7-10/h3-7,11,14H,2,8-9H2,1H3. The van der Waals surface area contributed by atoms with Crippen molar-refractivity contribution in [3.63, 3.8) is 0 Å². The summed E-state index contributed by atoms with van der Waals surface area (Å²) in [5.41, 5.74) is 1.20. The molecule has 74 valence electrons. The predicted octanol–water partition coefficient (Wildman–Crippen LogP) is 0.995. The molecule has 1 aromatic carbocycles. The second kappa shape index (κ2) is 5.84. The number of rotatable bonds is 5. The van der Waals surface area contributed by atoms with E-state index in [0.29, 0.717) is 0 Å². The second-order valence-corrected chi connectivity index (χ2v) is 3.36. The van der Waals surface area contributed by atoms with Gasteiger partial charge in [0.25, 0.3) is 0 Å². The van der Waals surface area contributed by atoms with Crippen LogP contribution in [-0.2, 0) is 6.42 Å². The van der Waals surface area contributed by atoms with Crippen molar-refractivity contribution in [2.24, 2.45) is 0 Å². The second-order valence-electron chi connectivity index (χ2n) is 3.36. The molecular weight excluding hydrogens is 173 g/mol. The summed E-state index contributed by atoms with van der Waals surface area (Å²) in [4.78, 5) is 1.67. The molecule has 0 spiro atoms. The van der Waals surface area contributed by atoms with E-state index in [0.717, 1.165) is 13.0 Å². The summed E-state index contributed by atoms with van der Waals surface area (Å²) >= 11 is 0. The first kappa shape index (κ1) is 11.3. The Hall–Kier alpha value is -0.795. The summed E-state index contributed by atoms with van der Waals surface area (Å²) in [5, 5.41) is 9.17. The van der Waals surface area contributed by atoms with Gasteiger partial charge in [-0.3, -0.25) is 0 Å². The molecule has 0 saturated carbocycles. The van der Waals surface area contributed by atoms with Gasteiger partial charge in [0.15, 0.2) is 7.98 Å². The number of aliphatic hydroxyl groups is 1. The Balaban J connectivity index is 2.57. The van der Waals surface area contributed by atoms with Crippen molar-refractivity contribution in [1.29, 1.82) is 0 Å². The number of hydrogen-bond donors (Lipinski definition) is 1. The van der Waals surface area contributed by atoms with E-state index in [1.807, 2.05) is 37.3 Å². The molecule has 1 rings (SSSR count). The van der Waals surface area contributed by atoms with Crippen molar-refractivity contribution >= 4 is 7.98 Å². The van der Waals surface area contributed by atoms with Gasteiger partial charge in [-0.1, -0.05) is 37.3 Å². The summed E-state index contributed by atoms with van der Waals surface area (Å²) in [5.74, 6) is 0. The van der Waals surface area contributed by atoms with Crippen molar-refractivity contribution < 1.29 is 5.11 Å². The van der Waals surface area contributed by atoms with Crippen molar-refractivity contribution in [2.45, 2.75) is 19.4 Å². The SMILES string of the molecule is [B]N(CC)C(CO)Cc1ccccc1. The van der Waals surface area contributed by atoms with Crippen LogP contribution in [0.15, 0.2) is 30.3 Å². The van der Waals surface area contributed by atoms with Gasteiger partial charge in [-0.05, 0) is 18.5 Å². The van der Waals surface area contributed by atoms with Crippen molar-refractivity contribution in [1.82, 2.24) is 4.81 Å². The maximum absolute atomic E-state index is 9.17. The number of likely N-dealkylation sites (N-methyl/N-ethyl adjacent to an activating group) is 1. The number of hydrogen-bond acceptors (Lipinski definition) is 2. The van der Waals surface area contributed by atoms with E-state index in [1.54, 1.807) is 4.81 Å². The number of nitrogens with zero attached hydrogens (tertiary/aromatic N) is 1. The summed E-state index contributed by atoms with van der Waals surface area (Å²) < 4.78 is 0. The number of aliphatic hydroxyl groups excluding tert-OH is 1. The molecule has 1 N–H and O–H groups in total. The first-order valence-corrected chi connectivity index (χ1v) is 4.94. The van der Waals surface area contributed by atoms with Crippen LogP contribution in [0, 0.1) is 0 Å². The average molecular weight is 189 g/mol. The van der Waals surface area contributed by atoms with E-state index in [1.165, 1.54) is 5.56 Å². The monoisotopic (exact) mass is 189 g/mol. The van der Waals surface area contributed by atoms with Crippen LogP contribution >= 0.6 is 0 Å². The third-order valence-electron chi connectivity index (χ3n) is 2.36. The molecule has 2 nitrogen and oxygen atoms in total. The zero-order valence-corrected chi connectivity index (χ0v) is 8.56. The summed E-state index contributed by atoms with van der Waals surface area (Å²) in [6.45, 7) is 2.82. The lowest BCUT2D eigenvalue weighted by molar-refractivity contribution is 0.193. The molecule has 0 saturated heterocycles. The molecule has 1 atom stereocenters. The molecule has 0 fully saturated rings. The first-order valence-electron chi connectivity index (χ1n) is 4.94. The highest BCUT2D eigenvalue weighted by Gasteiger charge is 2.11. The van der Waals surface area contributed by atoms with Gasteiger partial charge in [0.2, 0.25) is 0 Å². The van der Waals surface area contributed by atoms with E-state index in [4.69, 9.17) is 13.1 Å². The van der Waals surface area contributed by atoms with Crippen LogP contribution in [-0.4, -0.2) is 37.1 Å². The van der Waals surface area contributed by atoms with E-state index in [2.05, 4.69) is 0 Å². The van der Waals surface area contributed by atoms with Gasteiger partial charge < -0.3 is 9.92 Å². The highest BCUT2D eigenvalue weighted by Crippen LogP contribution is 2.06. The van der Waals surface area contributed by atoms with Crippen LogP contribution in [0.1, 0.15) is 12.5 Å². The van der Waals surface area contributed by atoms with Gasteiger partial charge in [0, 0.05) is 6.04 Å². The van der Waals surface area contributed by atoms with Crippen LogP contribution in [0.5, 0.6) is 0 Å². The van der Waals surface area contributed by atoms with Crippen LogP contribution in [0.25, 0.3) is 0 Å². The maximum atomic E-state index is 9.17. The van der Waals surface area contributed by atoms with E-state index in [9.17, 15) is 0 Å². The van der Waals surface area contributed by atoms with Crippen molar-refractivity contribution in [3.8, 4) is 0 Å². The Labute approximate surface area is 87.0 Å². The largest absolute Gasteiger partial charge is 0.395 e. The van der Waals surface area contributed by atoms with Crippen LogP contribution in [0.3, 0.4) is 0 Å². The molecule has 0 aliphatic carbocycles. The summed E-state index contributed by atoms with van der Waals surface area (Å²) in [6, 6.07) is 10.1. The van der Waals surface area contributed by atoms with Gasteiger partial charge in [-0.15, -0.1) is 0 Å². The fourth-order valence-electron chi connectivity index (χ4n) is 1.43. The van der Waals surface area contributed by atoms with Gasteiger partial charge in [-0.25, -0.2) is 0 Å². The summed E-state index contributed by atoms with van der Waals surface area (Å²) in [7, 11) is 5.75. The smallest absolute Gasteiger partial charge is 0.182 e. The fourth-order valence-corrected chi connectivity index (χ4v) is 1.43. The Morgan fingerprint density at radius 2 is 2.00 bits per heavy atom. The maximum Gasteiger partial charge on any atom is 0.182 e. The molecule has 2 radical (unpaired) electrons. The van der Waals surface area contributed by atoms with Gasteiger partial charge >= 0.3 is 0 Å². The van der Waals surface area contributed by atoms with Gasteiger partial charge in [0.1, 0.15) is 0 Å². The lowest BCUT2D eigenvalue weighted by atomic mass is 10.0. The van der Waals surface area contributed by atoms with Crippen LogP contribution < -0.4 is 0 Å². The highest BCUT2D eigenvalue weighted by atomic mass is 16.3. The third kappa shape index (κ3) is 3.16. The predicted molar refractivity (Wildman–Crippen MR) is 59.2 cm³/mol. The quantitative estimate of drug-likeness (QED) is 0.698. The molecule has 14 heavy (non-hydrogen) atoms. The Kier molecular flexibility index (Phi) is 4.70. The Morgan fingerprint density at radius 3 is 2.50 bits per heavy atom. The molecule has 3 heteroatoms. The van der Waals surface area contributed by atoms with Crippen LogP contribution in [0.4, 0.5) is 0 Å². The molecular formula is C11H16BNO. The molecule has 0 aliphatic heterocycles. The minimum Gasteiger partial charge on any atom is -0.395 e. The van der Waals surface area contributed by atoms with E-state index in [-0.39, 0.29) is 12.6 Å². The molecule has 1 unspecified atom stereocenters. The summed E-state index contributed by atoms with van der Waals surface area (Å²) in [6.07, 6.45) is 0.793. The van der Waals surface area contributed by atoms with E-state index >= 15 is 0 Å². The molecule has 1 aromatic rings. The molecule has 0 heterocycles. The molecule has 0 aromatic heterocycles. The van der Waals surface area contributed by atoms with Crippen molar-refractivity contribution in [3.05, 3.63) is 35.9 Å². The highest BCUT2D eigenvalue weighted by molar-refractivity contribution is 6.04. The zero-order valence-electron chi connectivity index (χ0n) is 8.56.